The lowest BCUT2D eigenvalue weighted by atomic mass is 9.95. The highest BCUT2D eigenvalue weighted by molar-refractivity contribution is 5.34. The van der Waals surface area contributed by atoms with Crippen LogP contribution in [0.1, 0.15) is 38.0 Å². The predicted molar refractivity (Wildman–Crippen MR) is 74.4 cm³/mol. The molecule has 5 nitrogen and oxygen atoms in total. The van der Waals surface area contributed by atoms with Gasteiger partial charge >= 0.3 is 0 Å². The first-order valence-corrected chi connectivity index (χ1v) is 6.78. The van der Waals surface area contributed by atoms with Gasteiger partial charge in [0, 0.05) is 44.2 Å². The van der Waals surface area contributed by atoms with Crippen LogP contribution in [-0.4, -0.2) is 25.9 Å². The third-order valence-electron chi connectivity index (χ3n) is 3.49. The minimum atomic E-state index is 0.00879. The number of fused-ring (bicyclic) bond motifs is 1. The topological polar surface area (TPSA) is 47.7 Å². The second-order valence-corrected chi connectivity index (χ2v) is 6.19. The lowest BCUT2D eigenvalue weighted by molar-refractivity contribution is 0.529. The van der Waals surface area contributed by atoms with Crippen LogP contribution >= 0.6 is 0 Å². The van der Waals surface area contributed by atoms with Crippen molar-refractivity contribution in [2.45, 2.75) is 39.2 Å². The summed E-state index contributed by atoms with van der Waals surface area (Å²) in [5.41, 5.74) is 2.48. The highest BCUT2D eigenvalue weighted by Gasteiger charge is 2.28. The maximum Gasteiger partial charge on any atom is 0.160 e. The van der Waals surface area contributed by atoms with E-state index in [1.807, 2.05) is 17.9 Å². The molecule has 0 aliphatic carbocycles. The molecule has 3 heterocycles. The summed E-state index contributed by atoms with van der Waals surface area (Å²) in [6.07, 6.45) is 2.99. The maximum absolute atomic E-state index is 4.86. The van der Waals surface area contributed by atoms with Crippen molar-refractivity contribution in [2.75, 3.05) is 6.54 Å². The molecule has 0 spiro atoms. The van der Waals surface area contributed by atoms with Crippen LogP contribution in [0.25, 0.3) is 5.82 Å². The van der Waals surface area contributed by atoms with Gasteiger partial charge in [0.25, 0.3) is 0 Å². The lowest BCUT2D eigenvalue weighted by Crippen LogP contribution is -2.25. The van der Waals surface area contributed by atoms with E-state index in [1.54, 1.807) is 0 Å². The Bertz CT molecular complexity index is 600. The first-order chi connectivity index (χ1) is 8.97. The number of nitrogens with zero attached hydrogens (tertiary/aromatic N) is 4. The standard InChI is InChI=1S/C14H21N5/c1-14(2,3)13-16-10-9-15-7-5-11(10)19(13)12-6-8-18(4)17-12/h6,8,15H,5,7,9H2,1-4H3. The van der Waals surface area contributed by atoms with Gasteiger partial charge in [0.1, 0.15) is 5.82 Å². The molecule has 5 heteroatoms. The summed E-state index contributed by atoms with van der Waals surface area (Å²) in [6.45, 7) is 8.47. The molecule has 2 aromatic rings. The molecule has 0 bridgehead atoms. The smallest absolute Gasteiger partial charge is 0.160 e. The number of rotatable bonds is 1. The fourth-order valence-corrected chi connectivity index (χ4v) is 2.58. The molecular weight excluding hydrogens is 238 g/mol. The van der Waals surface area contributed by atoms with Gasteiger partial charge in [0.2, 0.25) is 0 Å². The second-order valence-electron chi connectivity index (χ2n) is 6.19. The fraction of sp³-hybridized carbons (Fsp3) is 0.571. The minimum Gasteiger partial charge on any atom is -0.311 e. The molecule has 0 fully saturated rings. The number of imidazole rings is 1. The highest BCUT2D eigenvalue weighted by Crippen LogP contribution is 2.28. The largest absolute Gasteiger partial charge is 0.311 e. The number of aryl methyl sites for hydroxylation is 1. The van der Waals surface area contributed by atoms with Crippen molar-refractivity contribution in [2.24, 2.45) is 7.05 Å². The van der Waals surface area contributed by atoms with Crippen LogP contribution in [0, 0.1) is 0 Å². The first kappa shape index (κ1) is 12.4. The molecule has 0 amide bonds. The van der Waals surface area contributed by atoms with E-state index >= 15 is 0 Å². The van der Waals surface area contributed by atoms with E-state index in [9.17, 15) is 0 Å². The van der Waals surface area contributed by atoms with E-state index in [4.69, 9.17) is 4.98 Å². The van der Waals surface area contributed by atoms with Gasteiger partial charge in [-0.15, -0.1) is 0 Å². The van der Waals surface area contributed by atoms with E-state index in [0.717, 1.165) is 31.2 Å². The van der Waals surface area contributed by atoms with Gasteiger partial charge in [-0.05, 0) is 0 Å². The second kappa shape index (κ2) is 4.20. The molecule has 0 atom stereocenters. The van der Waals surface area contributed by atoms with E-state index in [0.29, 0.717) is 0 Å². The van der Waals surface area contributed by atoms with Gasteiger partial charge in [0.05, 0.1) is 11.4 Å². The summed E-state index contributed by atoms with van der Waals surface area (Å²) in [4.78, 5) is 4.86. The average molecular weight is 259 g/mol. The summed E-state index contributed by atoms with van der Waals surface area (Å²) in [5.74, 6) is 2.07. The van der Waals surface area contributed by atoms with Crippen LogP contribution < -0.4 is 5.32 Å². The van der Waals surface area contributed by atoms with Gasteiger partial charge in [0.15, 0.2) is 5.82 Å². The molecule has 1 aliphatic rings. The first-order valence-electron chi connectivity index (χ1n) is 6.78. The van der Waals surface area contributed by atoms with E-state index in [2.05, 4.69) is 41.8 Å². The van der Waals surface area contributed by atoms with Crippen molar-refractivity contribution >= 4 is 0 Å². The number of nitrogens with one attached hydrogen (secondary N) is 1. The molecular formula is C14H21N5. The molecule has 0 saturated heterocycles. The minimum absolute atomic E-state index is 0.00879. The number of hydrogen-bond acceptors (Lipinski definition) is 3. The van der Waals surface area contributed by atoms with Gasteiger partial charge in [-0.25, -0.2) is 4.98 Å². The number of hydrogen-bond donors (Lipinski definition) is 1. The van der Waals surface area contributed by atoms with E-state index in [-0.39, 0.29) is 5.41 Å². The van der Waals surface area contributed by atoms with Crippen molar-refractivity contribution in [3.05, 3.63) is 29.5 Å². The van der Waals surface area contributed by atoms with E-state index in [1.165, 1.54) is 11.4 Å². The summed E-state index contributed by atoms with van der Waals surface area (Å²) < 4.78 is 4.09. The Morgan fingerprint density at radius 2 is 2.11 bits per heavy atom. The summed E-state index contributed by atoms with van der Waals surface area (Å²) in [6, 6.07) is 2.05. The Balaban J connectivity index is 2.22. The van der Waals surface area contributed by atoms with E-state index < -0.39 is 0 Å². The fourth-order valence-electron chi connectivity index (χ4n) is 2.58. The zero-order chi connectivity index (χ0) is 13.6. The Morgan fingerprint density at radius 3 is 2.74 bits per heavy atom. The third-order valence-corrected chi connectivity index (χ3v) is 3.49. The molecule has 1 aliphatic heterocycles. The Hall–Kier alpha value is -1.62. The van der Waals surface area contributed by atoms with Gasteiger partial charge in [-0.3, -0.25) is 9.25 Å². The lowest BCUT2D eigenvalue weighted by Gasteiger charge is -2.20. The zero-order valence-electron chi connectivity index (χ0n) is 12.1. The van der Waals surface area contributed by atoms with Crippen molar-refractivity contribution in [1.29, 1.82) is 0 Å². The highest BCUT2D eigenvalue weighted by atomic mass is 15.3. The molecule has 19 heavy (non-hydrogen) atoms. The monoisotopic (exact) mass is 259 g/mol. The maximum atomic E-state index is 4.86. The van der Waals surface area contributed by atoms with Crippen LogP contribution in [-0.2, 0) is 25.4 Å². The average Bonchev–Trinajstić information content (AvgIpc) is 2.91. The summed E-state index contributed by atoms with van der Waals surface area (Å²) in [5, 5.41) is 7.94. The van der Waals surface area contributed by atoms with Crippen molar-refractivity contribution in [1.82, 2.24) is 24.6 Å². The Kier molecular flexibility index (Phi) is 2.74. The summed E-state index contributed by atoms with van der Waals surface area (Å²) >= 11 is 0. The predicted octanol–water partition coefficient (Wildman–Crippen LogP) is 1.55. The molecule has 0 unspecified atom stereocenters. The van der Waals surface area contributed by atoms with Gasteiger partial charge in [-0.1, -0.05) is 20.8 Å². The van der Waals surface area contributed by atoms with Crippen molar-refractivity contribution in [3.8, 4) is 5.82 Å². The molecule has 2 aromatic heterocycles. The molecule has 102 valence electrons. The molecule has 0 radical (unpaired) electrons. The SMILES string of the molecule is Cn1ccc(-n2c(C(C)(C)C)nc3c2CCNC3)n1. The zero-order valence-corrected chi connectivity index (χ0v) is 12.1. The van der Waals surface area contributed by atoms with Crippen LogP contribution in [0.4, 0.5) is 0 Å². The Morgan fingerprint density at radius 1 is 1.32 bits per heavy atom. The van der Waals surface area contributed by atoms with Gasteiger partial charge in [-0.2, -0.15) is 5.10 Å². The molecule has 3 rings (SSSR count). The quantitative estimate of drug-likeness (QED) is 0.845. The van der Waals surface area contributed by atoms with Crippen molar-refractivity contribution in [3.63, 3.8) is 0 Å². The van der Waals surface area contributed by atoms with Crippen LogP contribution in [0.3, 0.4) is 0 Å². The number of aromatic nitrogens is 4. The molecule has 0 saturated carbocycles. The summed E-state index contributed by atoms with van der Waals surface area (Å²) in [7, 11) is 1.95. The van der Waals surface area contributed by atoms with Crippen LogP contribution in [0.5, 0.6) is 0 Å². The van der Waals surface area contributed by atoms with Crippen molar-refractivity contribution < 1.29 is 0 Å². The Labute approximate surface area is 113 Å². The molecule has 1 N–H and O–H groups in total. The van der Waals surface area contributed by atoms with Crippen LogP contribution in [0.2, 0.25) is 0 Å². The molecule has 0 aromatic carbocycles. The normalized spacial score (nSPS) is 15.6. The third kappa shape index (κ3) is 2.08. The van der Waals surface area contributed by atoms with Crippen LogP contribution in [0.15, 0.2) is 12.3 Å². The van der Waals surface area contributed by atoms with Gasteiger partial charge < -0.3 is 5.32 Å².